The second-order valence-electron chi connectivity index (χ2n) is 11.2. The topological polar surface area (TPSA) is 40.6 Å². The van der Waals surface area contributed by atoms with Crippen LogP contribution in [0.1, 0.15) is 74.0 Å². The van der Waals surface area contributed by atoms with Crippen molar-refractivity contribution >= 4 is 23.6 Å². The van der Waals surface area contributed by atoms with E-state index in [0.29, 0.717) is 23.8 Å². The van der Waals surface area contributed by atoms with Gasteiger partial charge in [-0.1, -0.05) is 87.2 Å². The van der Waals surface area contributed by atoms with Gasteiger partial charge in [0.2, 0.25) is 0 Å². The number of carbonyl (C=O) groups excluding carboxylic acids is 2. The number of para-hydroxylation sites is 1. The summed E-state index contributed by atoms with van der Waals surface area (Å²) < 4.78 is 0. The van der Waals surface area contributed by atoms with Crippen LogP contribution in [0, 0.1) is 11.8 Å². The van der Waals surface area contributed by atoms with Gasteiger partial charge >= 0.3 is 0 Å². The van der Waals surface area contributed by atoms with Gasteiger partial charge in [0.05, 0.1) is 6.04 Å². The molecule has 4 heteroatoms. The van der Waals surface area contributed by atoms with Crippen molar-refractivity contribution in [1.29, 1.82) is 0 Å². The number of rotatable bonds is 6. The fourth-order valence-corrected chi connectivity index (χ4v) is 5.95. The van der Waals surface area contributed by atoms with Crippen LogP contribution in [0.3, 0.4) is 0 Å². The second-order valence-corrected chi connectivity index (χ2v) is 11.2. The Bertz CT molecular complexity index is 1380. The molecule has 1 heterocycles. The average Bonchev–Trinajstić information content (AvgIpc) is 3.47. The van der Waals surface area contributed by atoms with Crippen molar-refractivity contribution in [3.63, 3.8) is 0 Å². The molecule has 39 heavy (non-hydrogen) atoms. The SMILES string of the molecule is C=Cc1ccc(C(=O)N(C2=CCC(C)C(C)C2)C2CC(C)N(C(=O)/C=C/C3=CC=CC3)c3ccccc32)cc1. The summed E-state index contributed by atoms with van der Waals surface area (Å²) in [7, 11) is 0. The molecule has 0 saturated heterocycles. The monoisotopic (exact) mass is 518 g/mol. The smallest absolute Gasteiger partial charge is 0.258 e. The quantitative estimate of drug-likeness (QED) is 0.363. The standard InChI is InChI=1S/C35H38N2O2/c1-5-27-15-18-29(19-16-27)35(39)37(30-20-14-24(2)25(3)22-30)33-23-26(4)36(32-13-9-8-12-31(32)33)34(38)21-17-28-10-6-7-11-28/h5-10,12-13,15-21,24-26,33H,1,11,14,22-23H2,2-4H3/b21-17+. The molecule has 4 atom stereocenters. The van der Waals surface area contributed by atoms with Gasteiger partial charge < -0.3 is 9.80 Å². The van der Waals surface area contributed by atoms with Gasteiger partial charge in [-0.15, -0.1) is 0 Å². The third-order valence-electron chi connectivity index (χ3n) is 8.50. The van der Waals surface area contributed by atoms with E-state index in [0.717, 1.165) is 47.3 Å². The second kappa shape index (κ2) is 11.4. The van der Waals surface area contributed by atoms with Crippen molar-refractivity contribution < 1.29 is 9.59 Å². The highest BCUT2D eigenvalue weighted by atomic mass is 16.2. The normalized spacial score (nSPS) is 24.2. The maximum atomic E-state index is 14.3. The molecular weight excluding hydrogens is 480 g/mol. The predicted octanol–water partition coefficient (Wildman–Crippen LogP) is 8.03. The van der Waals surface area contributed by atoms with E-state index in [1.807, 2.05) is 70.5 Å². The summed E-state index contributed by atoms with van der Waals surface area (Å²) in [4.78, 5) is 31.7. The average molecular weight is 519 g/mol. The molecule has 3 aliphatic rings. The molecule has 0 N–H and O–H groups in total. The Kier molecular flexibility index (Phi) is 7.83. The number of allylic oxidation sites excluding steroid dienone is 7. The van der Waals surface area contributed by atoms with Gasteiger partial charge in [0.25, 0.3) is 11.8 Å². The van der Waals surface area contributed by atoms with Crippen LogP contribution in [0.2, 0.25) is 0 Å². The summed E-state index contributed by atoms with van der Waals surface area (Å²) in [6.07, 6.45) is 17.1. The Morgan fingerprint density at radius 3 is 2.49 bits per heavy atom. The molecule has 4 unspecified atom stereocenters. The van der Waals surface area contributed by atoms with E-state index in [2.05, 4.69) is 45.6 Å². The molecule has 0 saturated carbocycles. The molecule has 2 aliphatic carbocycles. The van der Waals surface area contributed by atoms with E-state index in [9.17, 15) is 9.59 Å². The lowest BCUT2D eigenvalue weighted by Crippen LogP contribution is -2.47. The minimum absolute atomic E-state index is 0.00552. The summed E-state index contributed by atoms with van der Waals surface area (Å²) in [6, 6.07) is 15.5. The van der Waals surface area contributed by atoms with Crippen molar-refractivity contribution in [2.75, 3.05) is 4.90 Å². The number of hydrogen-bond donors (Lipinski definition) is 0. The van der Waals surface area contributed by atoms with Gasteiger partial charge in [-0.3, -0.25) is 9.59 Å². The van der Waals surface area contributed by atoms with Crippen LogP contribution in [0.4, 0.5) is 5.69 Å². The first kappa shape index (κ1) is 26.7. The molecule has 1 aliphatic heterocycles. The van der Waals surface area contributed by atoms with Gasteiger partial charge in [-0.2, -0.15) is 0 Å². The number of nitrogens with zero attached hydrogens (tertiary/aromatic N) is 2. The van der Waals surface area contributed by atoms with Gasteiger partial charge in [0.15, 0.2) is 0 Å². The Labute approximate surface area is 232 Å². The van der Waals surface area contributed by atoms with E-state index in [1.54, 1.807) is 12.2 Å². The minimum atomic E-state index is -0.163. The Morgan fingerprint density at radius 2 is 1.79 bits per heavy atom. The zero-order valence-electron chi connectivity index (χ0n) is 23.2. The van der Waals surface area contributed by atoms with Crippen LogP contribution in [0.15, 0.2) is 103 Å². The number of carbonyl (C=O) groups is 2. The van der Waals surface area contributed by atoms with Gasteiger partial charge in [-0.25, -0.2) is 0 Å². The first-order valence-corrected chi connectivity index (χ1v) is 14.1. The van der Waals surface area contributed by atoms with E-state index in [-0.39, 0.29) is 23.9 Å². The van der Waals surface area contributed by atoms with E-state index in [1.165, 1.54) is 0 Å². The highest BCUT2D eigenvalue weighted by Gasteiger charge is 2.39. The molecule has 0 aromatic heterocycles. The Morgan fingerprint density at radius 1 is 1.03 bits per heavy atom. The maximum Gasteiger partial charge on any atom is 0.258 e. The van der Waals surface area contributed by atoms with Crippen LogP contribution >= 0.6 is 0 Å². The molecule has 2 amide bonds. The summed E-state index contributed by atoms with van der Waals surface area (Å²) >= 11 is 0. The van der Waals surface area contributed by atoms with Crippen LogP contribution < -0.4 is 4.90 Å². The molecule has 200 valence electrons. The first-order chi connectivity index (χ1) is 18.9. The summed E-state index contributed by atoms with van der Waals surface area (Å²) in [5, 5.41) is 0. The third-order valence-corrected chi connectivity index (χ3v) is 8.50. The summed E-state index contributed by atoms with van der Waals surface area (Å²) in [5.74, 6) is 1.05. The van der Waals surface area contributed by atoms with Gasteiger partial charge in [-0.05, 0) is 79.3 Å². The van der Waals surface area contributed by atoms with Crippen molar-refractivity contribution in [3.05, 3.63) is 120 Å². The van der Waals surface area contributed by atoms with Crippen LogP contribution in [0.25, 0.3) is 6.08 Å². The fourth-order valence-electron chi connectivity index (χ4n) is 5.95. The number of hydrogen-bond acceptors (Lipinski definition) is 2. The number of anilines is 1. The number of fused-ring (bicyclic) bond motifs is 1. The zero-order chi connectivity index (χ0) is 27.5. The largest absolute Gasteiger partial charge is 0.306 e. The van der Waals surface area contributed by atoms with Crippen molar-refractivity contribution in [3.8, 4) is 0 Å². The lowest BCUT2D eigenvalue weighted by atomic mass is 9.82. The lowest BCUT2D eigenvalue weighted by Gasteiger charge is -2.45. The molecule has 5 rings (SSSR count). The van der Waals surface area contributed by atoms with Crippen LogP contribution in [-0.4, -0.2) is 22.8 Å². The molecule has 2 aromatic carbocycles. The highest BCUT2D eigenvalue weighted by Crippen LogP contribution is 2.44. The van der Waals surface area contributed by atoms with E-state index < -0.39 is 0 Å². The van der Waals surface area contributed by atoms with Crippen LogP contribution in [0.5, 0.6) is 0 Å². The predicted molar refractivity (Wildman–Crippen MR) is 160 cm³/mol. The Balaban J connectivity index is 1.54. The third kappa shape index (κ3) is 5.47. The van der Waals surface area contributed by atoms with Crippen molar-refractivity contribution in [1.82, 2.24) is 4.90 Å². The van der Waals surface area contributed by atoms with E-state index in [4.69, 9.17) is 0 Å². The Hall–Kier alpha value is -3.92. The summed E-state index contributed by atoms with van der Waals surface area (Å²) in [6.45, 7) is 10.5. The van der Waals surface area contributed by atoms with Crippen molar-refractivity contribution in [2.24, 2.45) is 11.8 Å². The first-order valence-electron chi connectivity index (χ1n) is 14.1. The molecule has 0 radical (unpaired) electrons. The molecular formula is C35H38N2O2. The number of benzene rings is 2. The minimum Gasteiger partial charge on any atom is -0.306 e. The molecule has 0 spiro atoms. The van der Waals surface area contributed by atoms with Crippen LogP contribution in [-0.2, 0) is 4.79 Å². The molecule has 4 nitrogen and oxygen atoms in total. The fraction of sp³-hybridized carbons (Fsp3) is 0.314. The summed E-state index contributed by atoms with van der Waals surface area (Å²) in [5.41, 5.74) is 5.77. The van der Waals surface area contributed by atoms with E-state index >= 15 is 0 Å². The molecule has 0 fully saturated rings. The zero-order valence-corrected chi connectivity index (χ0v) is 23.2. The van der Waals surface area contributed by atoms with Crippen molar-refractivity contribution in [2.45, 2.75) is 58.5 Å². The van der Waals surface area contributed by atoms with Gasteiger partial charge in [0.1, 0.15) is 0 Å². The number of amides is 2. The maximum absolute atomic E-state index is 14.3. The highest BCUT2D eigenvalue weighted by molar-refractivity contribution is 6.03. The lowest BCUT2D eigenvalue weighted by molar-refractivity contribution is -0.114. The molecule has 0 bridgehead atoms. The van der Waals surface area contributed by atoms with Gasteiger partial charge in [0, 0.05) is 29.1 Å². The molecule has 2 aromatic rings.